The fraction of sp³-hybridized carbons (Fsp3) is 0.391. The van der Waals surface area contributed by atoms with Gasteiger partial charge in [0.1, 0.15) is 28.6 Å². The van der Waals surface area contributed by atoms with Gasteiger partial charge >= 0.3 is 0 Å². The molecule has 0 radical (unpaired) electrons. The smallest absolute Gasteiger partial charge is 0.274 e. The van der Waals surface area contributed by atoms with Gasteiger partial charge in [-0.15, -0.1) is 0 Å². The van der Waals surface area contributed by atoms with Crippen LogP contribution in [0, 0.1) is 5.41 Å². The summed E-state index contributed by atoms with van der Waals surface area (Å²) in [4.78, 5) is 12.9. The van der Waals surface area contributed by atoms with Crippen molar-refractivity contribution in [2.24, 2.45) is 0 Å². The molecule has 0 unspecified atom stereocenters. The number of nitrogens with one attached hydrogen (secondary N) is 4. The summed E-state index contributed by atoms with van der Waals surface area (Å²) in [7, 11) is 4.55. The van der Waals surface area contributed by atoms with Gasteiger partial charge in [0.15, 0.2) is 0 Å². The Morgan fingerprint density at radius 2 is 1.47 bits per heavy atom. The Kier molecular flexibility index (Phi) is 10.3. The van der Waals surface area contributed by atoms with Crippen LogP contribution in [0.3, 0.4) is 0 Å². The first kappa shape index (κ1) is 25.0. The van der Waals surface area contributed by atoms with Gasteiger partial charge in [-0.3, -0.25) is 10.2 Å². The van der Waals surface area contributed by atoms with Crippen LogP contribution in [0.15, 0.2) is 36.4 Å². The van der Waals surface area contributed by atoms with Gasteiger partial charge in [-0.25, -0.2) is 0 Å². The van der Waals surface area contributed by atoms with Crippen LogP contribution in [0.4, 0.5) is 11.4 Å². The van der Waals surface area contributed by atoms with Crippen molar-refractivity contribution in [3.05, 3.63) is 42.0 Å². The number of amides is 1. The van der Waals surface area contributed by atoms with Crippen molar-refractivity contribution < 1.29 is 23.7 Å². The number of benzene rings is 2. The minimum atomic E-state index is -0.598. The number of anilines is 2. The van der Waals surface area contributed by atoms with Crippen molar-refractivity contribution >= 4 is 23.0 Å². The van der Waals surface area contributed by atoms with Crippen LogP contribution in [-0.4, -0.2) is 65.8 Å². The minimum absolute atomic E-state index is 0.219. The zero-order valence-electron chi connectivity index (χ0n) is 19.0. The minimum Gasteiger partial charge on any atom is -0.495 e. The third-order valence-corrected chi connectivity index (χ3v) is 4.64. The van der Waals surface area contributed by atoms with E-state index in [0.29, 0.717) is 60.5 Å². The fourth-order valence-electron chi connectivity index (χ4n) is 3.05. The SMILES string of the molecule is CCOCCNCCNc1c(OC)cccc1C(=N)C(=O)Nc1c(OC)cccc1OC. The van der Waals surface area contributed by atoms with Gasteiger partial charge in [-0.1, -0.05) is 18.2 Å². The number of methoxy groups -OCH3 is 3. The lowest BCUT2D eigenvalue weighted by Gasteiger charge is -2.18. The Labute approximate surface area is 188 Å². The highest BCUT2D eigenvalue weighted by Crippen LogP contribution is 2.35. The lowest BCUT2D eigenvalue weighted by atomic mass is 10.1. The predicted octanol–water partition coefficient (Wildman–Crippen LogP) is 2.76. The summed E-state index contributed by atoms with van der Waals surface area (Å²) in [5.41, 5.74) is 1.14. The van der Waals surface area contributed by atoms with Gasteiger partial charge in [0.25, 0.3) is 5.91 Å². The molecule has 0 aliphatic heterocycles. The van der Waals surface area contributed by atoms with Crippen LogP contribution >= 0.6 is 0 Å². The quantitative estimate of drug-likeness (QED) is 0.262. The van der Waals surface area contributed by atoms with Crippen LogP contribution in [0.25, 0.3) is 0 Å². The number of rotatable bonds is 14. The molecule has 0 heterocycles. The van der Waals surface area contributed by atoms with Crippen LogP contribution in [0.1, 0.15) is 12.5 Å². The zero-order valence-corrected chi connectivity index (χ0v) is 19.0. The van der Waals surface area contributed by atoms with E-state index in [1.54, 1.807) is 43.5 Å². The highest BCUT2D eigenvalue weighted by Gasteiger charge is 2.21. The summed E-state index contributed by atoms with van der Waals surface area (Å²) in [6.45, 7) is 5.30. The Balaban J connectivity index is 2.15. The molecule has 0 saturated heterocycles. The van der Waals surface area contributed by atoms with Crippen molar-refractivity contribution in [2.75, 3.05) is 64.8 Å². The van der Waals surface area contributed by atoms with E-state index in [1.165, 1.54) is 14.2 Å². The first-order valence-electron chi connectivity index (χ1n) is 10.4. The second kappa shape index (κ2) is 13.2. The standard InChI is InChI=1S/C23H32N4O5/c1-5-32-15-14-25-12-13-26-21-16(8-6-9-17(21)29-2)20(24)23(28)27-22-18(30-3)10-7-11-19(22)31-4/h6-11,24-26H,5,12-15H2,1-4H3,(H,27,28). The maximum absolute atomic E-state index is 12.9. The molecule has 0 aromatic heterocycles. The normalized spacial score (nSPS) is 10.4. The van der Waals surface area contributed by atoms with Crippen molar-refractivity contribution in [3.63, 3.8) is 0 Å². The number of hydrogen-bond acceptors (Lipinski definition) is 8. The van der Waals surface area contributed by atoms with Crippen molar-refractivity contribution in [1.29, 1.82) is 5.41 Å². The number of ether oxygens (including phenoxy) is 4. The first-order valence-corrected chi connectivity index (χ1v) is 10.4. The third kappa shape index (κ3) is 6.60. The lowest BCUT2D eigenvalue weighted by Crippen LogP contribution is -2.27. The number of para-hydroxylation sites is 2. The molecule has 2 rings (SSSR count). The predicted molar refractivity (Wildman–Crippen MR) is 126 cm³/mol. The number of hydrogen-bond donors (Lipinski definition) is 4. The molecule has 0 spiro atoms. The maximum atomic E-state index is 12.9. The van der Waals surface area contributed by atoms with Crippen molar-refractivity contribution in [2.45, 2.75) is 6.92 Å². The van der Waals surface area contributed by atoms with E-state index in [-0.39, 0.29) is 5.71 Å². The summed E-state index contributed by atoms with van der Waals surface area (Å²) in [6.07, 6.45) is 0. The molecule has 32 heavy (non-hydrogen) atoms. The topological polar surface area (TPSA) is 114 Å². The summed E-state index contributed by atoms with van der Waals surface area (Å²) in [5.74, 6) is 0.823. The molecule has 0 aliphatic carbocycles. The molecular formula is C23H32N4O5. The Bertz CT molecular complexity index is 882. The number of carbonyl (C=O) groups is 1. The van der Waals surface area contributed by atoms with E-state index in [4.69, 9.17) is 24.4 Å². The third-order valence-electron chi connectivity index (χ3n) is 4.64. The van der Waals surface area contributed by atoms with E-state index in [2.05, 4.69) is 16.0 Å². The Morgan fingerprint density at radius 3 is 2.06 bits per heavy atom. The van der Waals surface area contributed by atoms with E-state index >= 15 is 0 Å². The van der Waals surface area contributed by atoms with Gasteiger partial charge in [0.05, 0.1) is 33.6 Å². The summed E-state index contributed by atoms with van der Waals surface area (Å²) < 4.78 is 21.4. The Morgan fingerprint density at radius 1 is 0.875 bits per heavy atom. The molecule has 174 valence electrons. The molecule has 0 atom stereocenters. The molecule has 4 N–H and O–H groups in total. The van der Waals surface area contributed by atoms with E-state index in [0.717, 1.165) is 6.54 Å². The van der Waals surface area contributed by atoms with Gasteiger partial charge in [0.2, 0.25) is 0 Å². The molecule has 0 saturated carbocycles. The highest BCUT2D eigenvalue weighted by atomic mass is 16.5. The first-order chi connectivity index (χ1) is 15.6. The largest absolute Gasteiger partial charge is 0.495 e. The molecular weight excluding hydrogens is 412 g/mol. The molecule has 9 nitrogen and oxygen atoms in total. The van der Waals surface area contributed by atoms with Gasteiger partial charge in [0, 0.05) is 31.8 Å². The molecule has 9 heteroatoms. The van der Waals surface area contributed by atoms with E-state index < -0.39 is 5.91 Å². The van der Waals surface area contributed by atoms with Gasteiger partial charge in [-0.2, -0.15) is 0 Å². The van der Waals surface area contributed by atoms with E-state index in [9.17, 15) is 4.79 Å². The van der Waals surface area contributed by atoms with Crippen molar-refractivity contribution in [1.82, 2.24) is 5.32 Å². The Hall–Kier alpha value is -3.30. The lowest BCUT2D eigenvalue weighted by molar-refractivity contribution is -0.110. The average Bonchev–Trinajstić information content (AvgIpc) is 2.82. The monoisotopic (exact) mass is 444 g/mol. The van der Waals surface area contributed by atoms with Crippen molar-refractivity contribution in [3.8, 4) is 17.2 Å². The second-order valence-electron chi connectivity index (χ2n) is 6.62. The van der Waals surface area contributed by atoms with Crippen LogP contribution in [0.2, 0.25) is 0 Å². The van der Waals surface area contributed by atoms with Gasteiger partial charge < -0.3 is 34.9 Å². The van der Waals surface area contributed by atoms with Crippen LogP contribution in [-0.2, 0) is 9.53 Å². The van der Waals surface area contributed by atoms with Gasteiger partial charge in [-0.05, 0) is 25.1 Å². The molecule has 1 amide bonds. The van der Waals surface area contributed by atoms with E-state index in [1.807, 2.05) is 6.92 Å². The summed E-state index contributed by atoms with van der Waals surface area (Å²) >= 11 is 0. The van der Waals surface area contributed by atoms with Crippen LogP contribution in [0.5, 0.6) is 17.2 Å². The van der Waals surface area contributed by atoms with Crippen LogP contribution < -0.4 is 30.2 Å². The highest BCUT2D eigenvalue weighted by molar-refractivity contribution is 6.49. The molecule has 0 aliphatic rings. The molecule has 0 fully saturated rings. The number of carbonyl (C=O) groups excluding carboxylic acids is 1. The molecule has 0 bridgehead atoms. The average molecular weight is 445 g/mol. The fourth-order valence-corrected chi connectivity index (χ4v) is 3.05. The second-order valence-corrected chi connectivity index (χ2v) is 6.62. The summed E-state index contributed by atoms with van der Waals surface area (Å²) in [5, 5.41) is 17.8. The maximum Gasteiger partial charge on any atom is 0.274 e. The molecule has 2 aromatic rings. The molecule has 2 aromatic carbocycles. The summed E-state index contributed by atoms with van der Waals surface area (Å²) in [6, 6.07) is 10.4. The zero-order chi connectivity index (χ0) is 23.3.